The second-order valence-electron chi connectivity index (χ2n) is 4.72. The van der Waals surface area contributed by atoms with Crippen LogP contribution in [0.3, 0.4) is 0 Å². The van der Waals surface area contributed by atoms with E-state index in [1.165, 1.54) is 23.5 Å². The Morgan fingerprint density at radius 2 is 2.10 bits per heavy atom. The van der Waals surface area contributed by atoms with Crippen LogP contribution < -0.4 is 11.1 Å². The summed E-state index contributed by atoms with van der Waals surface area (Å²) in [6, 6.07) is 9.55. The second-order valence-corrected chi connectivity index (χ2v) is 5.75. The monoisotopic (exact) mass is 301 g/mol. The molecule has 1 aromatic heterocycles. The van der Waals surface area contributed by atoms with Gasteiger partial charge in [0.05, 0.1) is 10.2 Å². The molecule has 0 bridgehead atoms. The van der Waals surface area contributed by atoms with E-state index in [-0.39, 0.29) is 11.5 Å². The molecule has 4 nitrogen and oxygen atoms in total. The van der Waals surface area contributed by atoms with E-state index in [1.54, 1.807) is 31.2 Å². The molecule has 0 saturated heterocycles. The van der Waals surface area contributed by atoms with Crippen molar-refractivity contribution in [2.75, 3.05) is 11.1 Å². The van der Waals surface area contributed by atoms with Gasteiger partial charge in [-0.3, -0.25) is 10.1 Å². The zero-order valence-corrected chi connectivity index (χ0v) is 12.0. The highest BCUT2D eigenvalue weighted by Gasteiger charge is 2.11. The number of nitrogens with one attached hydrogen (secondary N) is 1. The zero-order valence-electron chi connectivity index (χ0n) is 11.2. The number of aryl methyl sites for hydroxylation is 1. The summed E-state index contributed by atoms with van der Waals surface area (Å²) in [7, 11) is 0. The second kappa shape index (κ2) is 5.14. The Balaban J connectivity index is 1.88. The van der Waals surface area contributed by atoms with Gasteiger partial charge in [-0.25, -0.2) is 9.37 Å². The van der Waals surface area contributed by atoms with Gasteiger partial charge in [0.2, 0.25) is 0 Å². The summed E-state index contributed by atoms with van der Waals surface area (Å²) in [6.45, 7) is 1.74. The molecule has 0 aliphatic rings. The largest absolute Gasteiger partial charge is 0.399 e. The molecule has 0 aliphatic carbocycles. The molecule has 0 aliphatic heterocycles. The number of aromatic nitrogens is 1. The Morgan fingerprint density at radius 3 is 2.86 bits per heavy atom. The molecule has 6 heteroatoms. The van der Waals surface area contributed by atoms with Gasteiger partial charge in [-0.2, -0.15) is 0 Å². The average molecular weight is 301 g/mol. The average Bonchev–Trinajstić information content (AvgIpc) is 2.78. The summed E-state index contributed by atoms with van der Waals surface area (Å²) in [6.07, 6.45) is 0. The molecule has 3 aromatic rings. The molecule has 3 N–H and O–H groups in total. The van der Waals surface area contributed by atoms with Gasteiger partial charge in [0, 0.05) is 11.3 Å². The maximum atomic E-state index is 13.3. The van der Waals surface area contributed by atoms with E-state index in [2.05, 4.69) is 10.3 Å². The minimum absolute atomic E-state index is 0.270. The zero-order chi connectivity index (χ0) is 15.0. The standard InChI is InChI=1S/C15H12FN3OS/c1-8-4-9(6-10(16)5-8)14(20)19-15-18-12-3-2-11(17)7-13(12)21-15/h2-7H,17H2,1H3,(H,18,19,20). The van der Waals surface area contributed by atoms with Crippen LogP contribution in [0.5, 0.6) is 0 Å². The number of carbonyl (C=O) groups is 1. The first-order chi connectivity index (χ1) is 10.0. The lowest BCUT2D eigenvalue weighted by atomic mass is 10.1. The smallest absolute Gasteiger partial charge is 0.257 e. The van der Waals surface area contributed by atoms with Gasteiger partial charge >= 0.3 is 0 Å². The van der Waals surface area contributed by atoms with Crippen LogP contribution in [0, 0.1) is 12.7 Å². The lowest BCUT2D eigenvalue weighted by Crippen LogP contribution is -2.12. The number of halogens is 1. The van der Waals surface area contributed by atoms with E-state index in [0.717, 1.165) is 10.2 Å². The Morgan fingerprint density at radius 1 is 1.29 bits per heavy atom. The maximum absolute atomic E-state index is 13.3. The third kappa shape index (κ3) is 2.85. The van der Waals surface area contributed by atoms with Crippen LogP contribution in [0.25, 0.3) is 10.2 Å². The lowest BCUT2D eigenvalue weighted by molar-refractivity contribution is 0.102. The van der Waals surface area contributed by atoms with Gasteiger partial charge < -0.3 is 5.73 Å². The first kappa shape index (κ1) is 13.5. The number of hydrogen-bond donors (Lipinski definition) is 2. The Labute approximate surface area is 124 Å². The first-order valence-corrected chi connectivity index (χ1v) is 7.07. The van der Waals surface area contributed by atoms with Crippen LogP contribution in [0.1, 0.15) is 15.9 Å². The molecule has 0 atom stereocenters. The van der Waals surface area contributed by atoms with Crippen LogP contribution >= 0.6 is 11.3 Å². The summed E-state index contributed by atoms with van der Waals surface area (Å²) >= 11 is 1.33. The fourth-order valence-electron chi connectivity index (χ4n) is 2.03. The number of hydrogen-bond acceptors (Lipinski definition) is 4. The number of nitrogens with zero attached hydrogens (tertiary/aromatic N) is 1. The number of fused-ring (bicyclic) bond motifs is 1. The van der Waals surface area contributed by atoms with Crippen molar-refractivity contribution in [3.63, 3.8) is 0 Å². The van der Waals surface area contributed by atoms with E-state index < -0.39 is 5.82 Å². The van der Waals surface area contributed by atoms with E-state index in [4.69, 9.17) is 5.73 Å². The number of thiazole rings is 1. The molecular formula is C15H12FN3OS. The van der Waals surface area contributed by atoms with Crippen molar-refractivity contribution in [2.45, 2.75) is 6.92 Å². The highest BCUT2D eigenvalue weighted by atomic mass is 32.1. The third-order valence-corrected chi connectivity index (χ3v) is 3.87. The Hall–Kier alpha value is -2.47. The molecule has 106 valence electrons. The number of nitrogen functional groups attached to an aromatic ring is 1. The number of benzene rings is 2. The van der Waals surface area contributed by atoms with Gasteiger partial charge in [-0.15, -0.1) is 0 Å². The molecule has 3 rings (SSSR count). The van der Waals surface area contributed by atoms with E-state index >= 15 is 0 Å². The highest BCUT2D eigenvalue weighted by Crippen LogP contribution is 2.27. The summed E-state index contributed by atoms with van der Waals surface area (Å²) in [5.41, 5.74) is 8.08. The van der Waals surface area contributed by atoms with Crippen molar-refractivity contribution < 1.29 is 9.18 Å². The van der Waals surface area contributed by atoms with E-state index in [9.17, 15) is 9.18 Å². The molecule has 0 fully saturated rings. The van der Waals surface area contributed by atoms with Crippen molar-refractivity contribution >= 4 is 38.3 Å². The molecule has 0 spiro atoms. The maximum Gasteiger partial charge on any atom is 0.257 e. The topological polar surface area (TPSA) is 68.0 Å². The number of anilines is 2. The Bertz CT molecular complexity index is 824. The fraction of sp³-hybridized carbons (Fsp3) is 0.0667. The molecule has 2 aromatic carbocycles. The highest BCUT2D eigenvalue weighted by molar-refractivity contribution is 7.22. The summed E-state index contributed by atoms with van der Waals surface area (Å²) in [5.74, 6) is -0.818. The summed E-state index contributed by atoms with van der Waals surface area (Å²) in [4.78, 5) is 16.4. The van der Waals surface area contributed by atoms with Crippen molar-refractivity contribution in [3.8, 4) is 0 Å². The van der Waals surface area contributed by atoms with Crippen LogP contribution in [0.2, 0.25) is 0 Å². The molecule has 1 heterocycles. The number of nitrogens with two attached hydrogens (primary N) is 1. The van der Waals surface area contributed by atoms with Crippen LogP contribution in [0.4, 0.5) is 15.2 Å². The van der Waals surface area contributed by atoms with Crippen molar-refractivity contribution in [1.82, 2.24) is 4.98 Å². The molecule has 0 radical (unpaired) electrons. The number of carbonyl (C=O) groups excluding carboxylic acids is 1. The van der Waals surface area contributed by atoms with Crippen LogP contribution in [-0.4, -0.2) is 10.9 Å². The fourth-order valence-corrected chi connectivity index (χ4v) is 2.94. The van der Waals surface area contributed by atoms with E-state index in [0.29, 0.717) is 16.4 Å². The third-order valence-electron chi connectivity index (χ3n) is 2.94. The molecule has 0 unspecified atom stereocenters. The summed E-state index contributed by atoms with van der Waals surface area (Å²) in [5, 5.41) is 3.14. The quantitative estimate of drug-likeness (QED) is 0.711. The van der Waals surface area contributed by atoms with Gasteiger partial charge in [0.25, 0.3) is 5.91 Å². The van der Waals surface area contributed by atoms with Gasteiger partial charge in [0.15, 0.2) is 5.13 Å². The minimum Gasteiger partial charge on any atom is -0.399 e. The van der Waals surface area contributed by atoms with Crippen molar-refractivity contribution in [2.24, 2.45) is 0 Å². The Kier molecular flexibility index (Phi) is 3.31. The SMILES string of the molecule is Cc1cc(F)cc(C(=O)Nc2nc3ccc(N)cc3s2)c1. The number of rotatable bonds is 2. The van der Waals surface area contributed by atoms with Gasteiger partial charge in [-0.05, 0) is 48.9 Å². The van der Waals surface area contributed by atoms with Crippen molar-refractivity contribution in [3.05, 3.63) is 53.3 Å². The normalized spacial score (nSPS) is 10.8. The van der Waals surface area contributed by atoms with E-state index in [1.807, 2.05) is 0 Å². The number of amides is 1. The lowest BCUT2D eigenvalue weighted by Gasteiger charge is -2.03. The molecule has 21 heavy (non-hydrogen) atoms. The van der Waals surface area contributed by atoms with Crippen LogP contribution in [-0.2, 0) is 0 Å². The predicted molar refractivity (Wildman–Crippen MR) is 83.1 cm³/mol. The minimum atomic E-state index is -0.433. The molecule has 0 saturated carbocycles. The van der Waals surface area contributed by atoms with Crippen LogP contribution in [0.15, 0.2) is 36.4 Å². The van der Waals surface area contributed by atoms with Gasteiger partial charge in [0.1, 0.15) is 5.82 Å². The predicted octanol–water partition coefficient (Wildman–Crippen LogP) is 3.58. The van der Waals surface area contributed by atoms with Gasteiger partial charge in [-0.1, -0.05) is 11.3 Å². The molecular weight excluding hydrogens is 289 g/mol. The van der Waals surface area contributed by atoms with Crippen molar-refractivity contribution in [1.29, 1.82) is 0 Å². The first-order valence-electron chi connectivity index (χ1n) is 6.26. The molecule has 1 amide bonds. The summed E-state index contributed by atoms with van der Waals surface area (Å²) < 4.78 is 14.2.